The van der Waals surface area contributed by atoms with E-state index in [9.17, 15) is 0 Å². The van der Waals surface area contributed by atoms with Crippen LogP contribution in [0.15, 0.2) is 0 Å². The summed E-state index contributed by atoms with van der Waals surface area (Å²) < 4.78 is 9.29. The van der Waals surface area contributed by atoms with E-state index in [2.05, 4.69) is 9.47 Å². The van der Waals surface area contributed by atoms with Gasteiger partial charge in [0.25, 0.3) is 0 Å². The summed E-state index contributed by atoms with van der Waals surface area (Å²) in [7, 11) is 0. The maximum absolute atomic E-state index is 6.84. The fraction of sp³-hybridized carbons (Fsp3) is 0.800. The Morgan fingerprint density at radius 3 is 1.88 bits per heavy atom. The zero-order chi connectivity index (χ0) is 6.41. The van der Waals surface area contributed by atoms with Gasteiger partial charge in [0.05, 0.1) is 13.2 Å². The molecular formula is C5H11NO2. The number of hydrogen-bond donors (Lipinski definition) is 1. The molecule has 0 saturated heterocycles. The molecule has 0 aliphatic heterocycles. The van der Waals surface area contributed by atoms with Crippen molar-refractivity contribution in [2.24, 2.45) is 0 Å². The lowest BCUT2D eigenvalue weighted by molar-refractivity contribution is 0.177. The highest BCUT2D eigenvalue weighted by Gasteiger charge is 1.90. The molecule has 0 atom stereocenters. The molecule has 0 aromatic heterocycles. The van der Waals surface area contributed by atoms with Crippen molar-refractivity contribution >= 4 is 6.08 Å². The lowest BCUT2D eigenvalue weighted by Gasteiger charge is -2.02. The maximum Gasteiger partial charge on any atom is 0.380 e. The number of hydrogen-bond acceptors (Lipinski definition) is 3. The van der Waals surface area contributed by atoms with E-state index in [0.29, 0.717) is 13.2 Å². The van der Waals surface area contributed by atoms with Gasteiger partial charge < -0.3 is 9.47 Å². The summed E-state index contributed by atoms with van der Waals surface area (Å²) in [6.07, 6.45) is -0.0880. The summed E-state index contributed by atoms with van der Waals surface area (Å²) in [5.74, 6) is 0. The minimum atomic E-state index is -0.0880. The predicted octanol–water partition coefficient (Wildman–Crippen LogP) is 0.994. The molecule has 0 aromatic rings. The van der Waals surface area contributed by atoms with E-state index in [4.69, 9.17) is 5.41 Å². The summed E-state index contributed by atoms with van der Waals surface area (Å²) in [6, 6.07) is 0. The van der Waals surface area contributed by atoms with Crippen molar-refractivity contribution in [2.75, 3.05) is 13.2 Å². The van der Waals surface area contributed by atoms with E-state index in [1.54, 1.807) is 0 Å². The topological polar surface area (TPSA) is 42.3 Å². The van der Waals surface area contributed by atoms with Crippen molar-refractivity contribution < 1.29 is 9.47 Å². The first-order valence-corrected chi connectivity index (χ1v) is 2.65. The molecule has 0 aliphatic rings. The van der Waals surface area contributed by atoms with Crippen LogP contribution in [0.5, 0.6) is 0 Å². The fourth-order valence-electron chi connectivity index (χ4n) is 0.304. The van der Waals surface area contributed by atoms with Crippen molar-refractivity contribution in [1.82, 2.24) is 0 Å². The highest BCUT2D eigenvalue weighted by Crippen LogP contribution is 1.79. The second-order valence-corrected chi connectivity index (χ2v) is 1.15. The van der Waals surface area contributed by atoms with Crippen LogP contribution in [0.2, 0.25) is 0 Å². The molecule has 1 N–H and O–H groups in total. The number of ether oxygens (including phenoxy) is 2. The third kappa shape index (κ3) is 3.46. The number of rotatable bonds is 2. The summed E-state index contributed by atoms with van der Waals surface area (Å²) in [5, 5.41) is 6.84. The van der Waals surface area contributed by atoms with E-state index in [0.717, 1.165) is 0 Å². The van der Waals surface area contributed by atoms with Crippen molar-refractivity contribution in [2.45, 2.75) is 13.8 Å². The molecule has 0 heterocycles. The van der Waals surface area contributed by atoms with Gasteiger partial charge >= 0.3 is 6.08 Å². The van der Waals surface area contributed by atoms with E-state index >= 15 is 0 Å². The average Bonchev–Trinajstić information content (AvgIpc) is 1.68. The largest absolute Gasteiger partial charge is 0.451 e. The van der Waals surface area contributed by atoms with Crippen molar-refractivity contribution in [3.05, 3.63) is 0 Å². The first-order valence-electron chi connectivity index (χ1n) is 2.65. The molecule has 0 radical (unpaired) electrons. The average molecular weight is 117 g/mol. The van der Waals surface area contributed by atoms with Gasteiger partial charge in [0, 0.05) is 0 Å². The predicted molar refractivity (Wildman–Crippen MR) is 31.0 cm³/mol. The van der Waals surface area contributed by atoms with Crippen molar-refractivity contribution in [3.63, 3.8) is 0 Å². The maximum atomic E-state index is 6.84. The van der Waals surface area contributed by atoms with Crippen LogP contribution < -0.4 is 0 Å². The van der Waals surface area contributed by atoms with Crippen LogP contribution in [0.4, 0.5) is 0 Å². The Labute approximate surface area is 49.1 Å². The standard InChI is InChI=1S/C5H11NO2/c1-3-7-5(6)8-4-2/h6H,3-4H2,1-2H3. The SMILES string of the molecule is CCOC(=N)OCC. The first kappa shape index (κ1) is 7.27. The lowest BCUT2D eigenvalue weighted by atomic mass is 10.8. The van der Waals surface area contributed by atoms with Gasteiger partial charge in [-0.3, -0.25) is 0 Å². The van der Waals surface area contributed by atoms with Gasteiger partial charge in [0.1, 0.15) is 0 Å². The van der Waals surface area contributed by atoms with Crippen LogP contribution in [-0.2, 0) is 9.47 Å². The van der Waals surface area contributed by atoms with E-state index in [1.807, 2.05) is 13.8 Å². The van der Waals surface area contributed by atoms with Crippen molar-refractivity contribution in [1.29, 1.82) is 5.41 Å². The Bertz CT molecular complexity index is 64.8. The van der Waals surface area contributed by atoms with Gasteiger partial charge in [-0.25, -0.2) is 5.41 Å². The Balaban J connectivity index is 3.06. The molecule has 0 unspecified atom stereocenters. The van der Waals surface area contributed by atoms with E-state index < -0.39 is 0 Å². The summed E-state index contributed by atoms with van der Waals surface area (Å²) in [5.41, 5.74) is 0. The smallest absolute Gasteiger partial charge is 0.380 e. The lowest BCUT2D eigenvalue weighted by Crippen LogP contribution is -2.06. The zero-order valence-electron chi connectivity index (χ0n) is 5.23. The van der Waals surface area contributed by atoms with Gasteiger partial charge in [-0.15, -0.1) is 0 Å². The van der Waals surface area contributed by atoms with Crippen molar-refractivity contribution in [3.8, 4) is 0 Å². The molecule has 0 fully saturated rings. The molecule has 48 valence electrons. The van der Waals surface area contributed by atoms with Crippen LogP contribution in [0.3, 0.4) is 0 Å². The summed E-state index contributed by atoms with van der Waals surface area (Å²) in [4.78, 5) is 0. The molecule has 0 saturated carbocycles. The highest BCUT2D eigenvalue weighted by atomic mass is 16.7. The number of nitrogens with one attached hydrogen (secondary N) is 1. The van der Waals surface area contributed by atoms with Crippen LogP contribution in [0.25, 0.3) is 0 Å². The molecule has 3 nitrogen and oxygen atoms in total. The van der Waals surface area contributed by atoms with E-state index in [1.165, 1.54) is 0 Å². The second kappa shape index (κ2) is 4.43. The van der Waals surface area contributed by atoms with Gasteiger partial charge in [0.15, 0.2) is 0 Å². The quantitative estimate of drug-likeness (QED) is 0.433. The van der Waals surface area contributed by atoms with Gasteiger partial charge in [0.2, 0.25) is 0 Å². The van der Waals surface area contributed by atoms with E-state index in [-0.39, 0.29) is 6.08 Å². The molecule has 3 heteroatoms. The third-order valence-corrected chi connectivity index (χ3v) is 0.551. The fourth-order valence-corrected chi connectivity index (χ4v) is 0.304. The Morgan fingerprint density at radius 1 is 1.25 bits per heavy atom. The van der Waals surface area contributed by atoms with Gasteiger partial charge in [-0.05, 0) is 13.8 Å². The Morgan fingerprint density at radius 2 is 1.62 bits per heavy atom. The van der Waals surface area contributed by atoms with Crippen LogP contribution in [0.1, 0.15) is 13.8 Å². The Kier molecular flexibility index (Phi) is 4.03. The monoisotopic (exact) mass is 117 g/mol. The Hall–Kier alpha value is -0.730. The summed E-state index contributed by atoms with van der Waals surface area (Å²) in [6.45, 7) is 4.62. The minimum absolute atomic E-state index is 0.0880. The van der Waals surface area contributed by atoms with Gasteiger partial charge in [-0.2, -0.15) is 0 Å². The summed E-state index contributed by atoms with van der Waals surface area (Å²) >= 11 is 0. The molecule has 0 spiro atoms. The molecule has 0 amide bonds. The molecule has 8 heavy (non-hydrogen) atoms. The molecule has 0 bridgehead atoms. The second-order valence-electron chi connectivity index (χ2n) is 1.15. The normalized spacial score (nSPS) is 8.25. The van der Waals surface area contributed by atoms with Gasteiger partial charge in [-0.1, -0.05) is 0 Å². The molecule has 0 aliphatic carbocycles. The minimum Gasteiger partial charge on any atom is -0.451 e. The third-order valence-electron chi connectivity index (χ3n) is 0.551. The first-order chi connectivity index (χ1) is 3.81. The highest BCUT2D eigenvalue weighted by molar-refractivity contribution is 5.62. The van der Waals surface area contributed by atoms with Crippen LogP contribution >= 0.6 is 0 Å². The molecular weight excluding hydrogens is 106 g/mol. The molecule has 0 rings (SSSR count). The van der Waals surface area contributed by atoms with Crippen LogP contribution in [0, 0.1) is 5.41 Å². The van der Waals surface area contributed by atoms with Crippen LogP contribution in [-0.4, -0.2) is 19.3 Å². The zero-order valence-corrected chi connectivity index (χ0v) is 5.23. The molecule has 0 aromatic carbocycles.